The number of esters is 1. The molecule has 8 heteroatoms. The summed E-state index contributed by atoms with van der Waals surface area (Å²) in [5.41, 5.74) is 1.55. The van der Waals surface area contributed by atoms with Gasteiger partial charge in [-0.1, -0.05) is 33.6 Å². The molecule has 2 N–H and O–H groups in total. The molecule has 2 aliphatic carbocycles. The Labute approximate surface area is 186 Å². The molecule has 5 rings (SSSR count). The van der Waals surface area contributed by atoms with Crippen molar-refractivity contribution in [2.24, 2.45) is 23.7 Å². The summed E-state index contributed by atoms with van der Waals surface area (Å²) >= 11 is 9.49. The molecule has 2 aromatic rings. The number of alkyl halides is 1. The lowest BCUT2D eigenvalue weighted by atomic mass is 9.79. The number of nitrogens with one attached hydrogen (secondary N) is 2. The van der Waals surface area contributed by atoms with Crippen LogP contribution in [0, 0.1) is 23.7 Å². The van der Waals surface area contributed by atoms with E-state index >= 15 is 0 Å². The first-order chi connectivity index (χ1) is 14.4. The van der Waals surface area contributed by atoms with E-state index in [9.17, 15) is 14.4 Å². The first kappa shape index (κ1) is 19.6. The van der Waals surface area contributed by atoms with Crippen molar-refractivity contribution in [1.29, 1.82) is 0 Å². The summed E-state index contributed by atoms with van der Waals surface area (Å²) in [6, 6.07) is 13.5. The summed E-state index contributed by atoms with van der Waals surface area (Å²) in [6.45, 7) is 0. The minimum Gasteiger partial charge on any atom is -0.461 e. The fraction of sp³-hybridized carbons (Fsp3) is 0.318. The largest absolute Gasteiger partial charge is 0.461 e. The van der Waals surface area contributed by atoms with Crippen LogP contribution < -0.4 is 10.6 Å². The van der Waals surface area contributed by atoms with E-state index in [1.54, 1.807) is 48.5 Å². The van der Waals surface area contributed by atoms with Crippen LogP contribution in [0.25, 0.3) is 0 Å². The van der Waals surface area contributed by atoms with Gasteiger partial charge in [0.25, 0.3) is 5.91 Å². The van der Waals surface area contributed by atoms with Crippen molar-refractivity contribution in [1.82, 2.24) is 0 Å². The summed E-state index contributed by atoms with van der Waals surface area (Å²) in [4.78, 5) is 37.9. The maximum atomic E-state index is 13.0. The molecule has 0 unspecified atom stereocenters. The highest BCUT2D eigenvalue weighted by molar-refractivity contribution is 9.09. The third-order valence-electron chi connectivity index (χ3n) is 6.32. The Morgan fingerprint density at radius 2 is 1.80 bits per heavy atom. The van der Waals surface area contributed by atoms with Crippen LogP contribution in [0.5, 0.6) is 0 Å². The van der Waals surface area contributed by atoms with Gasteiger partial charge in [0.15, 0.2) is 0 Å². The number of benzene rings is 2. The van der Waals surface area contributed by atoms with E-state index in [-0.39, 0.29) is 46.5 Å². The number of anilines is 2. The smallest absolute Gasteiger partial charge is 0.310 e. The highest BCUT2D eigenvalue weighted by atomic mass is 79.9. The van der Waals surface area contributed by atoms with Gasteiger partial charge in [0, 0.05) is 27.9 Å². The average Bonchev–Trinajstić information content (AvgIpc) is 3.34. The van der Waals surface area contributed by atoms with Gasteiger partial charge >= 0.3 is 5.97 Å². The van der Waals surface area contributed by atoms with Crippen molar-refractivity contribution in [2.75, 3.05) is 10.6 Å². The number of halogens is 2. The molecule has 1 heterocycles. The SMILES string of the molecule is O=C(Nc1ccc(Cl)cc1)c1cccc(NC(=O)[C@@H]2[C@H]3C[C@H]4[C@H](OC(=O)[C@H]42)[C@H]3Br)c1. The first-order valence-corrected chi connectivity index (χ1v) is 11.0. The zero-order valence-electron chi connectivity index (χ0n) is 15.7. The molecular weight excluding hydrogens is 472 g/mol. The normalized spacial score (nSPS) is 30.8. The molecule has 2 amide bonds. The topological polar surface area (TPSA) is 84.5 Å². The summed E-state index contributed by atoms with van der Waals surface area (Å²) in [5, 5.41) is 6.28. The second kappa shape index (κ2) is 7.39. The van der Waals surface area contributed by atoms with Gasteiger partial charge in [-0.15, -0.1) is 0 Å². The Morgan fingerprint density at radius 1 is 1.03 bits per heavy atom. The molecule has 2 saturated carbocycles. The molecule has 3 fully saturated rings. The monoisotopic (exact) mass is 488 g/mol. The van der Waals surface area contributed by atoms with E-state index in [0.29, 0.717) is 22.0 Å². The highest BCUT2D eigenvalue weighted by Crippen LogP contribution is 2.60. The van der Waals surface area contributed by atoms with Crippen LogP contribution in [0.2, 0.25) is 5.02 Å². The summed E-state index contributed by atoms with van der Waals surface area (Å²) in [5.74, 6) is -1.37. The molecule has 30 heavy (non-hydrogen) atoms. The van der Waals surface area contributed by atoms with E-state index < -0.39 is 5.92 Å². The molecular formula is C22H18BrClN2O4. The maximum Gasteiger partial charge on any atom is 0.310 e. The van der Waals surface area contributed by atoms with Crippen molar-refractivity contribution in [2.45, 2.75) is 17.4 Å². The van der Waals surface area contributed by atoms with Gasteiger partial charge in [-0.3, -0.25) is 14.4 Å². The van der Waals surface area contributed by atoms with Gasteiger partial charge in [0.2, 0.25) is 5.91 Å². The number of amides is 2. The molecule has 1 aliphatic heterocycles. The quantitative estimate of drug-likeness (QED) is 0.500. The van der Waals surface area contributed by atoms with E-state index in [4.69, 9.17) is 16.3 Å². The Balaban J connectivity index is 1.30. The standard InChI is InChI=1S/C22H18BrClN2O4/c23-18-14-9-15-17(22(29)30-19(15)18)16(14)21(28)26-13-3-1-2-10(8-13)20(27)25-12-6-4-11(24)5-7-12/h1-8,14-19H,9H2,(H,25,27)(H,26,28)/t14-,15-,16-,17-,18+,19+/m1/s1. The lowest BCUT2D eigenvalue weighted by molar-refractivity contribution is -0.145. The van der Waals surface area contributed by atoms with Gasteiger partial charge in [-0.2, -0.15) is 0 Å². The fourth-order valence-corrected chi connectivity index (χ4v) is 6.20. The molecule has 0 spiro atoms. The van der Waals surface area contributed by atoms with Gasteiger partial charge in [-0.05, 0) is 54.8 Å². The Hall–Kier alpha value is -2.38. The second-order valence-corrected chi connectivity index (χ2v) is 9.49. The van der Waals surface area contributed by atoms with Crippen molar-refractivity contribution >= 4 is 56.7 Å². The Kier molecular flexibility index (Phi) is 4.82. The molecule has 1 saturated heterocycles. The maximum absolute atomic E-state index is 13.0. The van der Waals surface area contributed by atoms with Crippen LogP contribution >= 0.6 is 27.5 Å². The molecule has 0 radical (unpaired) electrons. The molecule has 0 aromatic heterocycles. The van der Waals surface area contributed by atoms with E-state index in [1.807, 2.05) is 0 Å². The highest BCUT2D eigenvalue weighted by Gasteiger charge is 2.67. The molecule has 2 aromatic carbocycles. The Morgan fingerprint density at radius 3 is 2.57 bits per heavy atom. The Bertz CT molecular complexity index is 1040. The fourth-order valence-electron chi connectivity index (χ4n) is 5.03. The summed E-state index contributed by atoms with van der Waals surface area (Å²) in [6.07, 6.45) is 0.704. The van der Waals surface area contributed by atoms with E-state index in [0.717, 1.165) is 6.42 Å². The average molecular weight is 490 g/mol. The van der Waals surface area contributed by atoms with Crippen molar-refractivity contribution < 1.29 is 19.1 Å². The minimum atomic E-state index is -0.419. The minimum absolute atomic E-state index is 0.0115. The van der Waals surface area contributed by atoms with Crippen LogP contribution in [0.4, 0.5) is 11.4 Å². The van der Waals surface area contributed by atoms with Gasteiger partial charge in [0.05, 0.1) is 16.7 Å². The molecule has 6 atom stereocenters. The third kappa shape index (κ3) is 3.20. The molecule has 154 valence electrons. The van der Waals surface area contributed by atoms with Crippen LogP contribution in [0.3, 0.4) is 0 Å². The third-order valence-corrected chi connectivity index (χ3v) is 7.77. The number of hydrogen-bond acceptors (Lipinski definition) is 4. The lowest BCUT2D eigenvalue weighted by Crippen LogP contribution is -2.40. The summed E-state index contributed by atoms with van der Waals surface area (Å²) < 4.78 is 5.47. The summed E-state index contributed by atoms with van der Waals surface area (Å²) in [7, 11) is 0. The van der Waals surface area contributed by atoms with Crippen LogP contribution in [-0.4, -0.2) is 28.7 Å². The number of carbonyl (C=O) groups excluding carboxylic acids is 3. The molecule has 2 bridgehead atoms. The predicted octanol–water partition coefficient (Wildman–Crippen LogP) is 4.10. The zero-order valence-corrected chi connectivity index (χ0v) is 18.0. The number of hydrogen-bond donors (Lipinski definition) is 2. The number of fused-ring (bicyclic) bond motifs is 1. The van der Waals surface area contributed by atoms with Crippen LogP contribution in [0.15, 0.2) is 48.5 Å². The lowest BCUT2D eigenvalue weighted by Gasteiger charge is -2.27. The second-order valence-electron chi connectivity index (χ2n) is 7.99. The molecule has 3 aliphatic rings. The van der Waals surface area contributed by atoms with E-state index in [1.165, 1.54) is 0 Å². The molecule has 6 nitrogen and oxygen atoms in total. The predicted molar refractivity (Wildman–Crippen MR) is 116 cm³/mol. The van der Waals surface area contributed by atoms with Crippen molar-refractivity contribution in [3.63, 3.8) is 0 Å². The van der Waals surface area contributed by atoms with Gasteiger partial charge < -0.3 is 15.4 Å². The van der Waals surface area contributed by atoms with Crippen LogP contribution in [0.1, 0.15) is 16.8 Å². The number of rotatable bonds is 4. The first-order valence-electron chi connectivity index (χ1n) is 9.75. The number of ether oxygens (including phenoxy) is 1. The van der Waals surface area contributed by atoms with E-state index in [2.05, 4.69) is 26.6 Å². The zero-order chi connectivity index (χ0) is 21.0. The van der Waals surface area contributed by atoms with Crippen molar-refractivity contribution in [3.05, 3.63) is 59.1 Å². The van der Waals surface area contributed by atoms with Crippen LogP contribution in [-0.2, 0) is 14.3 Å². The van der Waals surface area contributed by atoms with Gasteiger partial charge in [0.1, 0.15) is 6.10 Å². The van der Waals surface area contributed by atoms with Gasteiger partial charge in [-0.25, -0.2) is 0 Å². The number of carbonyl (C=O) groups is 3. The van der Waals surface area contributed by atoms with Crippen molar-refractivity contribution in [3.8, 4) is 0 Å².